The van der Waals surface area contributed by atoms with Crippen LogP contribution in [0.3, 0.4) is 0 Å². The maximum Gasteiger partial charge on any atom is 0.331 e. The minimum absolute atomic E-state index is 0.0531. The van der Waals surface area contributed by atoms with Crippen LogP contribution in [0.1, 0.15) is 34.1 Å². The normalized spacial score (nSPS) is 27.0. The molecule has 0 aliphatic heterocycles. The number of carbonyl (C=O) groups excluding carboxylic acids is 2. The summed E-state index contributed by atoms with van der Waals surface area (Å²) in [6.45, 7) is 7.06. The molecule has 17 heavy (non-hydrogen) atoms. The van der Waals surface area contributed by atoms with E-state index in [1.165, 1.54) is 6.08 Å². The highest BCUT2D eigenvalue weighted by Crippen LogP contribution is 2.50. The zero-order chi connectivity index (χ0) is 13.3. The minimum Gasteiger partial charge on any atom is -0.465 e. The third-order valence-electron chi connectivity index (χ3n) is 3.35. The Morgan fingerprint density at radius 2 is 2.18 bits per heavy atom. The molecule has 4 nitrogen and oxygen atoms in total. The molecule has 92 valence electrons. The van der Waals surface area contributed by atoms with Crippen LogP contribution in [0.5, 0.6) is 0 Å². The average molecular weight is 235 g/mol. The van der Waals surface area contributed by atoms with E-state index in [2.05, 4.69) is 6.07 Å². The van der Waals surface area contributed by atoms with E-state index in [9.17, 15) is 14.9 Å². The zero-order valence-electron chi connectivity index (χ0n) is 10.7. The predicted octanol–water partition coefficient (Wildman–Crippen LogP) is 2.00. The molecular weight excluding hydrogens is 218 g/mol. The van der Waals surface area contributed by atoms with Crippen molar-refractivity contribution in [3.63, 3.8) is 0 Å². The van der Waals surface area contributed by atoms with Crippen molar-refractivity contribution in [3.8, 4) is 6.07 Å². The van der Waals surface area contributed by atoms with E-state index in [4.69, 9.17) is 4.74 Å². The molecule has 0 aromatic carbocycles. The average Bonchev–Trinajstić information content (AvgIpc) is 2.16. The lowest BCUT2D eigenvalue weighted by Gasteiger charge is -2.42. The van der Waals surface area contributed by atoms with Gasteiger partial charge >= 0.3 is 5.97 Å². The molecule has 0 bridgehead atoms. The van der Waals surface area contributed by atoms with Crippen molar-refractivity contribution < 1.29 is 14.3 Å². The van der Waals surface area contributed by atoms with Crippen LogP contribution in [-0.2, 0) is 14.3 Å². The second-order valence-corrected chi connectivity index (χ2v) is 4.94. The Kier molecular flexibility index (Phi) is 3.42. The fourth-order valence-corrected chi connectivity index (χ4v) is 2.46. The largest absolute Gasteiger partial charge is 0.465 e. The molecule has 0 saturated heterocycles. The molecule has 4 heteroatoms. The molecule has 1 atom stereocenters. The smallest absolute Gasteiger partial charge is 0.331 e. The zero-order valence-corrected chi connectivity index (χ0v) is 10.7. The van der Waals surface area contributed by atoms with Crippen molar-refractivity contribution in [2.75, 3.05) is 6.61 Å². The van der Waals surface area contributed by atoms with Crippen molar-refractivity contribution in [1.82, 2.24) is 0 Å². The lowest BCUT2D eigenvalue weighted by molar-refractivity contribution is -0.156. The van der Waals surface area contributed by atoms with Gasteiger partial charge in [-0.1, -0.05) is 13.8 Å². The van der Waals surface area contributed by atoms with E-state index in [0.29, 0.717) is 5.57 Å². The quantitative estimate of drug-likeness (QED) is 0.686. The van der Waals surface area contributed by atoms with Gasteiger partial charge in [-0.15, -0.1) is 0 Å². The van der Waals surface area contributed by atoms with Crippen molar-refractivity contribution in [1.29, 1.82) is 5.26 Å². The van der Waals surface area contributed by atoms with E-state index in [1.807, 2.05) is 0 Å². The van der Waals surface area contributed by atoms with Gasteiger partial charge < -0.3 is 4.74 Å². The van der Waals surface area contributed by atoms with Gasteiger partial charge in [0.2, 0.25) is 0 Å². The van der Waals surface area contributed by atoms with Crippen LogP contribution in [0, 0.1) is 22.2 Å². The van der Waals surface area contributed by atoms with Crippen LogP contribution >= 0.6 is 0 Å². The first kappa shape index (κ1) is 13.4. The van der Waals surface area contributed by atoms with E-state index in [0.717, 1.165) is 0 Å². The Morgan fingerprint density at radius 1 is 1.59 bits per heavy atom. The fraction of sp³-hybridized carbons (Fsp3) is 0.615. The Bertz CT molecular complexity index is 428. The second kappa shape index (κ2) is 4.33. The summed E-state index contributed by atoms with van der Waals surface area (Å²) in [6.07, 6.45) is 1.56. The van der Waals surface area contributed by atoms with Crippen LogP contribution in [0.25, 0.3) is 0 Å². The van der Waals surface area contributed by atoms with Crippen LogP contribution in [-0.4, -0.2) is 18.4 Å². The van der Waals surface area contributed by atoms with Gasteiger partial charge in [0.1, 0.15) is 0 Å². The highest BCUT2D eigenvalue weighted by Gasteiger charge is 2.57. The summed E-state index contributed by atoms with van der Waals surface area (Å²) in [6, 6.07) is 2.07. The van der Waals surface area contributed by atoms with Gasteiger partial charge in [0.05, 0.1) is 12.7 Å². The third-order valence-corrected chi connectivity index (χ3v) is 3.35. The predicted molar refractivity (Wildman–Crippen MR) is 61.8 cm³/mol. The van der Waals surface area contributed by atoms with Gasteiger partial charge in [-0.25, -0.2) is 4.79 Å². The number of rotatable bonds is 2. The lowest BCUT2D eigenvalue weighted by Crippen LogP contribution is -2.49. The molecular formula is C13H17NO3. The number of hydrogen-bond donors (Lipinski definition) is 0. The Hall–Kier alpha value is -1.63. The van der Waals surface area contributed by atoms with Gasteiger partial charge in [-0.3, -0.25) is 4.79 Å². The molecule has 0 amide bonds. The summed E-state index contributed by atoms with van der Waals surface area (Å²) < 4.78 is 5.00. The molecule has 1 aliphatic carbocycles. The number of hydrogen-bond acceptors (Lipinski definition) is 4. The number of nitriles is 1. The molecule has 1 aliphatic rings. The number of carbonyl (C=O) groups is 2. The van der Waals surface area contributed by atoms with Gasteiger partial charge in [-0.05, 0) is 25.5 Å². The summed E-state index contributed by atoms with van der Waals surface area (Å²) in [4.78, 5) is 23.6. The minimum atomic E-state index is -1.35. The van der Waals surface area contributed by atoms with Crippen LogP contribution in [0.2, 0.25) is 0 Å². The van der Waals surface area contributed by atoms with E-state index < -0.39 is 16.8 Å². The maximum absolute atomic E-state index is 12.1. The van der Waals surface area contributed by atoms with Gasteiger partial charge in [0.25, 0.3) is 0 Å². The standard InChI is InChI=1S/C13H17NO3/c1-5-17-11(16)13(8-14)9(2)6-10(15)7-12(13,3)4/h6H,5,7H2,1-4H3. The van der Waals surface area contributed by atoms with Crippen LogP contribution < -0.4 is 0 Å². The van der Waals surface area contributed by atoms with Gasteiger partial charge in [-0.2, -0.15) is 5.26 Å². The molecule has 1 rings (SSSR count). The number of ether oxygens (including phenoxy) is 1. The van der Waals surface area contributed by atoms with Crippen molar-refractivity contribution >= 4 is 11.8 Å². The highest BCUT2D eigenvalue weighted by atomic mass is 16.5. The first-order valence-electron chi connectivity index (χ1n) is 5.62. The Morgan fingerprint density at radius 3 is 2.59 bits per heavy atom. The first-order valence-corrected chi connectivity index (χ1v) is 5.62. The second-order valence-electron chi connectivity index (χ2n) is 4.94. The molecule has 1 unspecified atom stereocenters. The van der Waals surface area contributed by atoms with E-state index in [-0.39, 0.29) is 18.8 Å². The van der Waals surface area contributed by atoms with Gasteiger partial charge in [0, 0.05) is 11.8 Å². The summed E-state index contributed by atoms with van der Waals surface area (Å²) >= 11 is 0. The Labute approximate surface area is 101 Å². The monoisotopic (exact) mass is 235 g/mol. The van der Waals surface area contributed by atoms with Crippen LogP contribution in [0.4, 0.5) is 0 Å². The molecule has 0 saturated carbocycles. The number of esters is 1. The summed E-state index contributed by atoms with van der Waals surface area (Å²) in [5, 5.41) is 9.43. The summed E-state index contributed by atoms with van der Waals surface area (Å²) in [5.74, 6) is -0.614. The van der Waals surface area contributed by atoms with Crippen molar-refractivity contribution in [2.45, 2.75) is 34.1 Å². The maximum atomic E-state index is 12.1. The van der Waals surface area contributed by atoms with E-state index >= 15 is 0 Å². The lowest BCUT2D eigenvalue weighted by atomic mass is 9.57. The van der Waals surface area contributed by atoms with Crippen molar-refractivity contribution in [2.24, 2.45) is 10.8 Å². The molecule has 0 aromatic heterocycles. The number of nitrogens with zero attached hydrogens (tertiary/aromatic N) is 1. The molecule has 0 heterocycles. The third kappa shape index (κ3) is 1.86. The summed E-state index contributed by atoms with van der Waals surface area (Å²) in [5.41, 5.74) is -1.62. The Balaban J connectivity index is 3.39. The van der Waals surface area contributed by atoms with Gasteiger partial charge in [0.15, 0.2) is 11.2 Å². The molecule has 0 radical (unpaired) electrons. The van der Waals surface area contributed by atoms with Crippen molar-refractivity contribution in [3.05, 3.63) is 11.6 Å². The molecule has 0 spiro atoms. The summed E-state index contributed by atoms with van der Waals surface area (Å²) in [7, 11) is 0. The molecule has 0 N–H and O–H groups in total. The number of allylic oxidation sites excluding steroid dienone is 1. The SMILES string of the molecule is CCOC(=O)C1(C#N)C(C)=CC(=O)CC1(C)C. The van der Waals surface area contributed by atoms with Crippen LogP contribution in [0.15, 0.2) is 11.6 Å². The highest BCUT2D eigenvalue weighted by molar-refractivity contribution is 5.97. The number of ketones is 1. The molecule has 0 aromatic rings. The topological polar surface area (TPSA) is 67.2 Å². The first-order chi connectivity index (χ1) is 7.81. The fourth-order valence-electron chi connectivity index (χ4n) is 2.46. The van der Waals surface area contributed by atoms with E-state index in [1.54, 1.807) is 27.7 Å². The molecule has 0 fully saturated rings.